The van der Waals surface area contributed by atoms with Crippen LogP contribution >= 0.6 is 22.6 Å². The number of rotatable bonds is 2. The molecule has 0 spiro atoms. The molecule has 2 unspecified atom stereocenters. The molecule has 3 heteroatoms. The van der Waals surface area contributed by atoms with E-state index >= 15 is 0 Å². The largest absolute Gasteiger partial charge is 0.399 e. The predicted octanol–water partition coefficient (Wildman–Crippen LogP) is 3.86. The van der Waals surface area contributed by atoms with Crippen molar-refractivity contribution in [2.45, 2.75) is 38.6 Å². The summed E-state index contributed by atoms with van der Waals surface area (Å²) in [6.45, 7) is 2.35. The highest BCUT2D eigenvalue weighted by Gasteiger charge is 2.18. The Bertz CT molecular complexity index is 365. The van der Waals surface area contributed by atoms with Gasteiger partial charge in [0.05, 0.1) is 0 Å². The van der Waals surface area contributed by atoms with Crippen LogP contribution in [-0.2, 0) is 0 Å². The van der Waals surface area contributed by atoms with E-state index in [4.69, 9.17) is 5.73 Å². The van der Waals surface area contributed by atoms with Gasteiger partial charge in [0.25, 0.3) is 0 Å². The lowest BCUT2D eigenvalue weighted by atomic mass is 9.87. The van der Waals surface area contributed by atoms with Gasteiger partial charge in [-0.15, -0.1) is 0 Å². The molecule has 2 rings (SSSR count). The van der Waals surface area contributed by atoms with Crippen LogP contribution in [0.3, 0.4) is 0 Å². The first-order chi connectivity index (χ1) is 7.65. The molecule has 16 heavy (non-hydrogen) atoms. The number of nitrogen functional groups attached to an aromatic ring is 1. The molecule has 1 aliphatic carbocycles. The maximum absolute atomic E-state index is 5.75. The summed E-state index contributed by atoms with van der Waals surface area (Å²) in [6.07, 6.45) is 5.33. The maximum Gasteiger partial charge on any atom is 0.0479 e. The van der Waals surface area contributed by atoms with Crippen LogP contribution in [0.5, 0.6) is 0 Å². The van der Waals surface area contributed by atoms with Gasteiger partial charge in [0.1, 0.15) is 0 Å². The number of nitrogens with one attached hydrogen (secondary N) is 1. The average Bonchev–Trinajstić information content (AvgIpc) is 2.22. The topological polar surface area (TPSA) is 38.0 Å². The lowest BCUT2D eigenvalue weighted by Gasteiger charge is -2.28. The minimum Gasteiger partial charge on any atom is -0.399 e. The molecule has 1 aromatic carbocycles. The van der Waals surface area contributed by atoms with Crippen molar-refractivity contribution in [2.24, 2.45) is 5.92 Å². The second kappa shape index (κ2) is 5.25. The lowest BCUT2D eigenvalue weighted by molar-refractivity contribution is 0.358. The molecular formula is C13H19IN2. The van der Waals surface area contributed by atoms with E-state index in [1.165, 1.54) is 34.9 Å². The van der Waals surface area contributed by atoms with Gasteiger partial charge < -0.3 is 11.1 Å². The van der Waals surface area contributed by atoms with Crippen LogP contribution in [0.4, 0.5) is 11.4 Å². The maximum atomic E-state index is 5.75. The van der Waals surface area contributed by atoms with Crippen LogP contribution in [-0.4, -0.2) is 6.04 Å². The van der Waals surface area contributed by atoms with Crippen LogP contribution in [0.15, 0.2) is 18.2 Å². The zero-order chi connectivity index (χ0) is 11.5. The highest BCUT2D eigenvalue weighted by Crippen LogP contribution is 2.28. The average molecular weight is 330 g/mol. The Morgan fingerprint density at radius 2 is 2.19 bits per heavy atom. The third-order valence-electron chi connectivity index (χ3n) is 3.29. The quantitative estimate of drug-likeness (QED) is 0.638. The van der Waals surface area contributed by atoms with E-state index in [1.807, 2.05) is 12.1 Å². The molecule has 0 aromatic heterocycles. The summed E-state index contributed by atoms with van der Waals surface area (Å²) in [6, 6.07) is 6.73. The van der Waals surface area contributed by atoms with Gasteiger partial charge in [-0.2, -0.15) is 0 Å². The number of anilines is 2. The molecule has 0 aliphatic heterocycles. The smallest absolute Gasteiger partial charge is 0.0479 e. The highest BCUT2D eigenvalue weighted by molar-refractivity contribution is 14.1. The van der Waals surface area contributed by atoms with Crippen molar-refractivity contribution in [3.63, 3.8) is 0 Å². The van der Waals surface area contributed by atoms with Crippen LogP contribution < -0.4 is 11.1 Å². The van der Waals surface area contributed by atoms with E-state index < -0.39 is 0 Å². The van der Waals surface area contributed by atoms with Gasteiger partial charge in [-0.1, -0.05) is 19.8 Å². The van der Waals surface area contributed by atoms with Gasteiger partial charge in [-0.3, -0.25) is 0 Å². The summed E-state index contributed by atoms with van der Waals surface area (Å²) < 4.78 is 1.22. The van der Waals surface area contributed by atoms with Gasteiger partial charge >= 0.3 is 0 Å². The normalized spacial score (nSPS) is 25.4. The van der Waals surface area contributed by atoms with E-state index in [9.17, 15) is 0 Å². The summed E-state index contributed by atoms with van der Waals surface area (Å²) in [7, 11) is 0. The van der Waals surface area contributed by atoms with E-state index in [1.54, 1.807) is 0 Å². The SMILES string of the molecule is CC1CCCC(Nc2ccc(N)cc2I)C1. The molecule has 88 valence electrons. The van der Waals surface area contributed by atoms with Gasteiger partial charge in [0, 0.05) is 21.0 Å². The summed E-state index contributed by atoms with van der Waals surface area (Å²) in [5, 5.41) is 3.64. The second-order valence-corrected chi connectivity index (χ2v) is 6.01. The fourth-order valence-corrected chi connectivity index (χ4v) is 3.13. The summed E-state index contributed by atoms with van der Waals surface area (Å²) in [5.41, 5.74) is 7.82. The Morgan fingerprint density at radius 3 is 2.88 bits per heavy atom. The molecule has 2 nitrogen and oxygen atoms in total. The standard InChI is InChI=1S/C13H19IN2/c1-9-3-2-4-11(7-9)16-13-6-5-10(15)8-12(13)14/h5-6,8-9,11,16H,2-4,7,15H2,1H3. The fraction of sp³-hybridized carbons (Fsp3) is 0.538. The van der Waals surface area contributed by atoms with E-state index in [0.717, 1.165) is 11.6 Å². The molecule has 1 aromatic rings. The second-order valence-electron chi connectivity index (χ2n) is 4.85. The van der Waals surface area contributed by atoms with Gasteiger partial charge in [0.2, 0.25) is 0 Å². The molecule has 0 saturated heterocycles. The molecular weight excluding hydrogens is 311 g/mol. The summed E-state index contributed by atoms with van der Waals surface area (Å²) in [5.74, 6) is 0.859. The van der Waals surface area contributed by atoms with Crippen LogP contribution in [0.2, 0.25) is 0 Å². The van der Waals surface area contributed by atoms with E-state index in [0.29, 0.717) is 6.04 Å². The molecule has 2 atom stereocenters. The number of nitrogens with two attached hydrogens (primary N) is 1. The van der Waals surface area contributed by atoms with Crippen LogP contribution in [0, 0.1) is 9.49 Å². The Balaban J connectivity index is 2.02. The fourth-order valence-electron chi connectivity index (χ4n) is 2.43. The third kappa shape index (κ3) is 3.03. The van der Waals surface area contributed by atoms with Crippen molar-refractivity contribution in [3.8, 4) is 0 Å². The Hall–Kier alpha value is -0.450. The Morgan fingerprint density at radius 1 is 1.38 bits per heavy atom. The number of halogens is 1. The van der Waals surface area contributed by atoms with Crippen molar-refractivity contribution >= 4 is 34.0 Å². The zero-order valence-electron chi connectivity index (χ0n) is 9.67. The van der Waals surface area contributed by atoms with Gasteiger partial charge in [-0.05, 0) is 59.5 Å². The Kier molecular flexibility index (Phi) is 3.95. The van der Waals surface area contributed by atoms with Crippen LogP contribution in [0.25, 0.3) is 0 Å². The first-order valence-corrected chi connectivity index (χ1v) is 7.04. The number of benzene rings is 1. The Labute approximate surface area is 111 Å². The number of hydrogen-bond acceptors (Lipinski definition) is 2. The minimum absolute atomic E-state index is 0.640. The molecule has 1 saturated carbocycles. The summed E-state index contributed by atoms with van der Waals surface area (Å²) in [4.78, 5) is 0. The number of hydrogen-bond donors (Lipinski definition) is 2. The zero-order valence-corrected chi connectivity index (χ0v) is 11.8. The highest BCUT2D eigenvalue weighted by atomic mass is 127. The predicted molar refractivity (Wildman–Crippen MR) is 78.6 cm³/mol. The molecule has 0 amide bonds. The molecule has 1 aliphatic rings. The van der Waals surface area contributed by atoms with Crippen LogP contribution in [0.1, 0.15) is 32.6 Å². The summed E-state index contributed by atoms with van der Waals surface area (Å²) >= 11 is 2.34. The third-order valence-corrected chi connectivity index (χ3v) is 4.18. The minimum atomic E-state index is 0.640. The molecule has 3 N–H and O–H groups in total. The first kappa shape index (κ1) is 12.0. The van der Waals surface area contributed by atoms with E-state index in [-0.39, 0.29) is 0 Å². The molecule has 0 heterocycles. The molecule has 0 radical (unpaired) electrons. The van der Waals surface area contributed by atoms with Crippen molar-refractivity contribution < 1.29 is 0 Å². The van der Waals surface area contributed by atoms with Crippen molar-refractivity contribution in [2.75, 3.05) is 11.1 Å². The van der Waals surface area contributed by atoms with E-state index in [2.05, 4.69) is 40.9 Å². The first-order valence-electron chi connectivity index (χ1n) is 5.96. The van der Waals surface area contributed by atoms with Crippen molar-refractivity contribution in [3.05, 3.63) is 21.8 Å². The van der Waals surface area contributed by atoms with Gasteiger partial charge in [-0.25, -0.2) is 0 Å². The molecule has 1 fully saturated rings. The van der Waals surface area contributed by atoms with Gasteiger partial charge in [0.15, 0.2) is 0 Å². The van der Waals surface area contributed by atoms with Crippen molar-refractivity contribution in [1.29, 1.82) is 0 Å². The van der Waals surface area contributed by atoms with Crippen molar-refractivity contribution in [1.82, 2.24) is 0 Å². The monoisotopic (exact) mass is 330 g/mol. The molecule has 0 bridgehead atoms. The lowest BCUT2D eigenvalue weighted by Crippen LogP contribution is -2.26.